The molecule has 0 aliphatic heterocycles. The molecule has 1 N–H and O–H groups in total. The van der Waals surface area contributed by atoms with E-state index in [0.717, 1.165) is 15.2 Å². The summed E-state index contributed by atoms with van der Waals surface area (Å²) in [4.78, 5) is 29.5. The van der Waals surface area contributed by atoms with Crippen molar-refractivity contribution in [3.63, 3.8) is 0 Å². The van der Waals surface area contributed by atoms with Crippen LogP contribution in [-0.4, -0.2) is 22.9 Å². The van der Waals surface area contributed by atoms with Crippen LogP contribution in [0.25, 0.3) is 10.2 Å². The first-order valence-corrected chi connectivity index (χ1v) is 10.1. The van der Waals surface area contributed by atoms with E-state index in [-0.39, 0.29) is 18.4 Å². The predicted octanol–water partition coefficient (Wildman–Crippen LogP) is 4.56. The molecule has 3 aromatic rings. The van der Waals surface area contributed by atoms with Crippen molar-refractivity contribution in [3.8, 4) is 0 Å². The van der Waals surface area contributed by atoms with Gasteiger partial charge in [-0.15, -0.1) is 11.3 Å². The van der Waals surface area contributed by atoms with Crippen molar-refractivity contribution in [2.24, 2.45) is 5.92 Å². The minimum absolute atomic E-state index is 0.0896. The topological polar surface area (TPSA) is 68.3 Å². The second-order valence-corrected chi connectivity index (χ2v) is 8.33. The molecule has 140 valence electrons. The Morgan fingerprint density at radius 3 is 2.56 bits per heavy atom. The molecule has 1 heterocycles. The summed E-state index contributed by atoms with van der Waals surface area (Å²) in [5, 5.41) is 3.50. The van der Waals surface area contributed by atoms with Crippen LogP contribution in [0.2, 0.25) is 0 Å². The van der Waals surface area contributed by atoms with Crippen molar-refractivity contribution >= 4 is 49.4 Å². The van der Waals surface area contributed by atoms with Crippen LogP contribution in [-0.2, 0) is 16.1 Å². The van der Waals surface area contributed by atoms with Crippen LogP contribution >= 0.6 is 27.3 Å². The monoisotopic (exact) mass is 446 g/mol. The lowest BCUT2D eigenvalue weighted by Gasteiger charge is -2.21. The summed E-state index contributed by atoms with van der Waals surface area (Å²) in [5.74, 6) is -0.901. The fourth-order valence-electron chi connectivity index (χ4n) is 2.57. The average molecular weight is 447 g/mol. The molecule has 0 saturated heterocycles. The smallest absolute Gasteiger partial charge is 0.329 e. The maximum atomic E-state index is 12.6. The summed E-state index contributed by atoms with van der Waals surface area (Å²) in [6.07, 6.45) is 0. The summed E-state index contributed by atoms with van der Waals surface area (Å²) in [7, 11) is 0. The summed E-state index contributed by atoms with van der Waals surface area (Å²) in [5.41, 5.74) is 1.36. The predicted molar refractivity (Wildman–Crippen MR) is 110 cm³/mol. The zero-order valence-electron chi connectivity index (χ0n) is 14.9. The van der Waals surface area contributed by atoms with Crippen LogP contribution in [0.3, 0.4) is 0 Å². The van der Waals surface area contributed by atoms with Crippen molar-refractivity contribution < 1.29 is 14.3 Å². The number of amides is 1. The number of hydrogen-bond acceptors (Lipinski definition) is 5. The van der Waals surface area contributed by atoms with E-state index in [1.807, 2.05) is 44.2 Å². The lowest BCUT2D eigenvalue weighted by Crippen LogP contribution is -2.45. The molecule has 2 aromatic carbocycles. The molecule has 0 bridgehead atoms. The third-order valence-corrected chi connectivity index (χ3v) is 5.70. The number of carbonyl (C=O) groups is 2. The van der Waals surface area contributed by atoms with Crippen molar-refractivity contribution in [3.05, 3.63) is 63.6 Å². The maximum Gasteiger partial charge on any atom is 0.329 e. The highest BCUT2D eigenvalue weighted by Gasteiger charge is 2.27. The summed E-state index contributed by atoms with van der Waals surface area (Å²) in [6.45, 7) is 3.82. The largest absolute Gasteiger partial charge is 0.457 e. The van der Waals surface area contributed by atoms with Gasteiger partial charge in [-0.1, -0.05) is 38.1 Å². The number of ether oxygens (including phenoxy) is 1. The molecule has 0 saturated carbocycles. The molecular formula is C20H19BrN2O3S. The first kappa shape index (κ1) is 19.5. The van der Waals surface area contributed by atoms with Gasteiger partial charge < -0.3 is 10.1 Å². The van der Waals surface area contributed by atoms with Gasteiger partial charge in [0.2, 0.25) is 0 Å². The number of esters is 1. The van der Waals surface area contributed by atoms with Gasteiger partial charge in [0.15, 0.2) is 0 Å². The summed E-state index contributed by atoms with van der Waals surface area (Å²) >= 11 is 4.85. The third-order valence-electron chi connectivity index (χ3n) is 4.00. The molecule has 0 radical (unpaired) electrons. The average Bonchev–Trinajstić information content (AvgIpc) is 3.07. The third kappa shape index (κ3) is 4.73. The van der Waals surface area contributed by atoms with Crippen LogP contribution in [0, 0.1) is 5.92 Å². The molecule has 1 aromatic heterocycles. The van der Waals surface area contributed by atoms with E-state index in [1.165, 1.54) is 11.3 Å². The zero-order valence-corrected chi connectivity index (χ0v) is 17.3. The van der Waals surface area contributed by atoms with Crippen molar-refractivity contribution in [1.82, 2.24) is 10.3 Å². The molecule has 1 atom stereocenters. The SMILES string of the molecule is CC(C)[C@@H](NC(=O)c1ccccc1Br)C(=O)OCc1nc2ccccc2s1. The number of nitrogens with one attached hydrogen (secondary N) is 1. The Morgan fingerprint density at radius 2 is 1.85 bits per heavy atom. The van der Waals surface area contributed by atoms with Crippen LogP contribution in [0.4, 0.5) is 0 Å². The standard InChI is InChI=1S/C20H19BrN2O3S/c1-12(2)18(23-19(24)13-7-3-4-8-14(13)21)20(25)26-11-17-22-15-9-5-6-10-16(15)27-17/h3-10,12,18H,11H2,1-2H3,(H,23,24)/t18-/m1/s1. The number of fused-ring (bicyclic) bond motifs is 1. The molecule has 1 amide bonds. The zero-order chi connectivity index (χ0) is 19.4. The summed E-state index contributed by atoms with van der Waals surface area (Å²) < 4.78 is 7.15. The minimum Gasteiger partial charge on any atom is -0.457 e. The van der Waals surface area contributed by atoms with Gasteiger partial charge in [-0.2, -0.15) is 0 Å². The quantitative estimate of drug-likeness (QED) is 0.563. The minimum atomic E-state index is -0.737. The van der Waals surface area contributed by atoms with E-state index < -0.39 is 12.0 Å². The molecule has 7 heteroatoms. The van der Waals surface area contributed by atoms with Gasteiger partial charge in [-0.25, -0.2) is 9.78 Å². The van der Waals surface area contributed by atoms with Crippen LogP contribution < -0.4 is 5.32 Å². The van der Waals surface area contributed by atoms with Crippen LogP contribution in [0.5, 0.6) is 0 Å². The fraction of sp³-hybridized carbons (Fsp3) is 0.250. The summed E-state index contributed by atoms with van der Waals surface area (Å²) in [6, 6.07) is 14.1. The molecule has 0 spiro atoms. The highest BCUT2D eigenvalue weighted by atomic mass is 79.9. The van der Waals surface area contributed by atoms with E-state index in [9.17, 15) is 9.59 Å². The Labute approximate surface area is 169 Å². The molecule has 5 nitrogen and oxygen atoms in total. The second kappa shape index (κ2) is 8.63. The number of para-hydroxylation sites is 1. The first-order chi connectivity index (χ1) is 13.0. The van der Waals surface area contributed by atoms with E-state index in [2.05, 4.69) is 26.2 Å². The lowest BCUT2D eigenvalue weighted by atomic mass is 10.0. The number of thiazole rings is 1. The van der Waals surface area contributed by atoms with Gasteiger partial charge in [0.1, 0.15) is 17.7 Å². The van der Waals surface area contributed by atoms with Crippen molar-refractivity contribution in [1.29, 1.82) is 0 Å². The normalized spacial score (nSPS) is 12.1. The molecule has 3 rings (SSSR count). The molecule has 27 heavy (non-hydrogen) atoms. The van der Waals surface area contributed by atoms with E-state index in [0.29, 0.717) is 10.0 Å². The number of rotatable bonds is 6. The van der Waals surface area contributed by atoms with Gasteiger partial charge in [0.05, 0.1) is 15.8 Å². The Balaban J connectivity index is 1.66. The van der Waals surface area contributed by atoms with Crippen molar-refractivity contribution in [2.75, 3.05) is 0 Å². The molecule has 0 aliphatic rings. The van der Waals surface area contributed by atoms with Gasteiger partial charge >= 0.3 is 5.97 Å². The second-order valence-electron chi connectivity index (χ2n) is 6.36. The van der Waals surface area contributed by atoms with Gasteiger partial charge in [0.25, 0.3) is 5.91 Å². The van der Waals surface area contributed by atoms with Crippen LogP contribution in [0.15, 0.2) is 53.0 Å². The number of nitrogens with zero attached hydrogens (tertiary/aromatic N) is 1. The maximum absolute atomic E-state index is 12.6. The molecule has 0 unspecified atom stereocenters. The van der Waals surface area contributed by atoms with Gasteiger partial charge in [-0.3, -0.25) is 4.79 Å². The van der Waals surface area contributed by atoms with Crippen LogP contribution in [0.1, 0.15) is 29.2 Å². The molecular weight excluding hydrogens is 428 g/mol. The highest BCUT2D eigenvalue weighted by molar-refractivity contribution is 9.10. The number of benzene rings is 2. The van der Waals surface area contributed by atoms with E-state index in [4.69, 9.17) is 4.74 Å². The van der Waals surface area contributed by atoms with Gasteiger partial charge in [0, 0.05) is 4.47 Å². The number of carbonyl (C=O) groups excluding carboxylic acids is 2. The number of aromatic nitrogens is 1. The lowest BCUT2D eigenvalue weighted by molar-refractivity contribution is -0.148. The van der Waals surface area contributed by atoms with E-state index >= 15 is 0 Å². The van der Waals surface area contributed by atoms with Gasteiger partial charge in [-0.05, 0) is 46.1 Å². The first-order valence-electron chi connectivity index (χ1n) is 8.52. The molecule has 0 fully saturated rings. The number of hydrogen-bond donors (Lipinski definition) is 1. The molecule has 0 aliphatic carbocycles. The Kier molecular flexibility index (Phi) is 6.23. The fourth-order valence-corrected chi connectivity index (χ4v) is 3.91. The highest BCUT2D eigenvalue weighted by Crippen LogP contribution is 2.22. The Morgan fingerprint density at radius 1 is 1.15 bits per heavy atom. The van der Waals surface area contributed by atoms with E-state index in [1.54, 1.807) is 18.2 Å². The van der Waals surface area contributed by atoms with Crippen molar-refractivity contribution in [2.45, 2.75) is 26.5 Å². The number of halogens is 1. The Hall–Kier alpha value is -2.25. The Bertz CT molecular complexity index is 938.